The Morgan fingerprint density at radius 1 is 1.68 bits per heavy atom. The number of aliphatic hydroxyl groups is 1. The molecule has 0 amide bonds. The molecule has 0 aromatic heterocycles. The Hall–Kier alpha value is -1.33. The SMILES string of the molecule is C=C[C@@H]1C[C@]1(NC(=C)[C@@H]1C[C@@H](O)CN1)C(=O)OCC. The van der Waals surface area contributed by atoms with Gasteiger partial charge in [0, 0.05) is 24.2 Å². The van der Waals surface area contributed by atoms with Gasteiger partial charge in [0.15, 0.2) is 0 Å². The van der Waals surface area contributed by atoms with E-state index in [1.54, 1.807) is 13.0 Å². The second-order valence-corrected chi connectivity index (χ2v) is 5.24. The minimum atomic E-state index is -0.704. The number of esters is 1. The van der Waals surface area contributed by atoms with E-state index in [0.717, 1.165) is 5.70 Å². The van der Waals surface area contributed by atoms with Crippen LogP contribution in [-0.2, 0) is 9.53 Å². The normalized spacial score (nSPS) is 36.6. The lowest BCUT2D eigenvalue weighted by Crippen LogP contribution is -2.45. The maximum absolute atomic E-state index is 12.1. The average molecular weight is 266 g/mol. The van der Waals surface area contributed by atoms with E-state index in [1.165, 1.54) is 0 Å². The first-order valence-electron chi connectivity index (χ1n) is 6.71. The van der Waals surface area contributed by atoms with Gasteiger partial charge in [0.05, 0.1) is 12.7 Å². The fraction of sp³-hybridized carbons (Fsp3) is 0.643. The van der Waals surface area contributed by atoms with Crippen molar-refractivity contribution >= 4 is 5.97 Å². The number of hydrogen-bond donors (Lipinski definition) is 3. The van der Waals surface area contributed by atoms with Gasteiger partial charge in [-0.2, -0.15) is 0 Å². The van der Waals surface area contributed by atoms with Crippen molar-refractivity contribution < 1.29 is 14.6 Å². The first-order valence-corrected chi connectivity index (χ1v) is 6.71. The second kappa shape index (κ2) is 5.35. The highest BCUT2D eigenvalue weighted by Crippen LogP contribution is 2.46. The van der Waals surface area contributed by atoms with Crippen molar-refractivity contribution in [2.24, 2.45) is 5.92 Å². The van der Waals surface area contributed by atoms with Crippen molar-refractivity contribution in [1.82, 2.24) is 10.6 Å². The summed E-state index contributed by atoms with van der Waals surface area (Å²) in [6.07, 6.45) is 2.72. The molecule has 2 rings (SSSR count). The van der Waals surface area contributed by atoms with Crippen molar-refractivity contribution in [3.05, 3.63) is 24.9 Å². The van der Waals surface area contributed by atoms with E-state index in [2.05, 4.69) is 23.8 Å². The molecular weight excluding hydrogens is 244 g/mol. The Labute approximate surface area is 113 Å². The van der Waals surface area contributed by atoms with Crippen molar-refractivity contribution in [3.8, 4) is 0 Å². The highest BCUT2D eigenvalue weighted by Gasteiger charge is 2.60. The van der Waals surface area contributed by atoms with Crippen LogP contribution in [0.3, 0.4) is 0 Å². The number of hydrogen-bond acceptors (Lipinski definition) is 5. The molecule has 5 heteroatoms. The van der Waals surface area contributed by atoms with E-state index in [0.29, 0.717) is 26.0 Å². The molecule has 1 aliphatic carbocycles. The number of nitrogens with one attached hydrogen (secondary N) is 2. The van der Waals surface area contributed by atoms with Gasteiger partial charge in [0.25, 0.3) is 0 Å². The van der Waals surface area contributed by atoms with Crippen molar-refractivity contribution in [2.45, 2.75) is 37.5 Å². The molecule has 2 aliphatic rings. The Morgan fingerprint density at radius 2 is 2.42 bits per heavy atom. The summed E-state index contributed by atoms with van der Waals surface area (Å²) in [4.78, 5) is 12.1. The first kappa shape index (κ1) is 14.1. The summed E-state index contributed by atoms with van der Waals surface area (Å²) in [6.45, 7) is 10.4. The maximum Gasteiger partial charge on any atom is 0.332 e. The highest BCUT2D eigenvalue weighted by molar-refractivity contribution is 5.86. The lowest BCUT2D eigenvalue weighted by molar-refractivity contribution is -0.147. The number of carbonyl (C=O) groups excluding carboxylic acids is 1. The highest BCUT2D eigenvalue weighted by atomic mass is 16.5. The van der Waals surface area contributed by atoms with Gasteiger partial charge in [-0.3, -0.25) is 0 Å². The summed E-state index contributed by atoms with van der Waals surface area (Å²) < 4.78 is 5.13. The molecule has 5 nitrogen and oxygen atoms in total. The molecule has 1 saturated carbocycles. The van der Waals surface area contributed by atoms with E-state index >= 15 is 0 Å². The molecule has 2 fully saturated rings. The molecule has 1 heterocycles. The topological polar surface area (TPSA) is 70.6 Å². The zero-order valence-corrected chi connectivity index (χ0v) is 11.3. The molecule has 19 heavy (non-hydrogen) atoms. The van der Waals surface area contributed by atoms with Gasteiger partial charge in [-0.25, -0.2) is 4.79 Å². The average Bonchev–Trinajstić information content (AvgIpc) is 2.92. The van der Waals surface area contributed by atoms with E-state index in [-0.39, 0.29) is 24.0 Å². The van der Waals surface area contributed by atoms with E-state index in [9.17, 15) is 9.90 Å². The van der Waals surface area contributed by atoms with Crippen molar-refractivity contribution in [1.29, 1.82) is 0 Å². The fourth-order valence-corrected chi connectivity index (χ4v) is 2.62. The third kappa shape index (κ3) is 2.67. The largest absolute Gasteiger partial charge is 0.464 e. The lowest BCUT2D eigenvalue weighted by atomic mass is 10.1. The van der Waals surface area contributed by atoms with Gasteiger partial charge in [0.2, 0.25) is 0 Å². The Morgan fingerprint density at radius 3 is 2.89 bits per heavy atom. The number of ether oxygens (including phenoxy) is 1. The summed E-state index contributed by atoms with van der Waals surface area (Å²) in [5, 5.41) is 15.9. The lowest BCUT2D eigenvalue weighted by Gasteiger charge is -2.23. The molecule has 0 radical (unpaired) electrons. The number of β-amino-alcohol motifs (C(OH)–C–C–N with tert-alkyl or cyclic N) is 1. The number of aliphatic hydroxyl groups excluding tert-OH is 1. The molecule has 0 bridgehead atoms. The van der Waals surface area contributed by atoms with Crippen LogP contribution in [0, 0.1) is 5.92 Å². The van der Waals surface area contributed by atoms with Crippen LogP contribution in [0.25, 0.3) is 0 Å². The summed E-state index contributed by atoms with van der Waals surface area (Å²) in [6, 6.07) is -0.00707. The van der Waals surface area contributed by atoms with Crippen LogP contribution in [0.5, 0.6) is 0 Å². The van der Waals surface area contributed by atoms with Crippen LogP contribution < -0.4 is 10.6 Å². The van der Waals surface area contributed by atoms with Crippen LogP contribution in [0.1, 0.15) is 19.8 Å². The Kier molecular flexibility index (Phi) is 3.96. The van der Waals surface area contributed by atoms with E-state index < -0.39 is 5.54 Å². The van der Waals surface area contributed by atoms with E-state index in [1.807, 2.05) is 0 Å². The minimum absolute atomic E-state index is 0.00707. The molecule has 0 aromatic carbocycles. The number of carbonyl (C=O) groups is 1. The summed E-state index contributed by atoms with van der Waals surface area (Å²) >= 11 is 0. The summed E-state index contributed by atoms with van der Waals surface area (Å²) in [5.74, 6) is -0.172. The summed E-state index contributed by atoms with van der Waals surface area (Å²) in [7, 11) is 0. The molecule has 0 aromatic rings. The fourth-order valence-electron chi connectivity index (χ4n) is 2.62. The molecule has 1 saturated heterocycles. The van der Waals surface area contributed by atoms with Crippen molar-refractivity contribution in [3.63, 3.8) is 0 Å². The van der Waals surface area contributed by atoms with Crippen LogP contribution in [-0.4, -0.2) is 41.9 Å². The smallest absolute Gasteiger partial charge is 0.332 e. The van der Waals surface area contributed by atoms with E-state index in [4.69, 9.17) is 4.74 Å². The van der Waals surface area contributed by atoms with Crippen LogP contribution >= 0.6 is 0 Å². The Bertz CT molecular complexity index is 396. The zero-order chi connectivity index (χ0) is 14.0. The minimum Gasteiger partial charge on any atom is -0.464 e. The van der Waals surface area contributed by atoms with Gasteiger partial charge in [-0.05, 0) is 19.8 Å². The third-order valence-electron chi connectivity index (χ3n) is 3.85. The predicted octanol–water partition coefficient (Wildman–Crippen LogP) is 0.320. The molecule has 3 N–H and O–H groups in total. The van der Waals surface area contributed by atoms with Gasteiger partial charge >= 0.3 is 5.97 Å². The molecule has 4 atom stereocenters. The maximum atomic E-state index is 12.1. The van der Waals surface area contributed by atoms with Gasteiger partial charge in [-0.1, -0.05) is 12.7 Å². The zero-order valence-electron chi connectivity index (χ0n) is 11.3. The van der Waals surface area contributed by atoms with Crippen LogP contribution in [0.4, 0.5) is 0 Å². The summed E-state index contributed by atoms with van der Waals surface area (Å²) in [5.41, 5.74) is 0.0262. The van der Waals surface area contributed by atoms with Gasteiger partial charge in [-0.15, -0.1) is 6.58 Å². The van der Waals surface area contributed by atoms with Gasteiger partial charge in [0.1, 0.15) is 5.54 Å². The molecular formula is C14H22N2O3. The van der Waals surface area contributed by atoms with Crippen LogP contribution in [0.2, 0.25) is 0 Å². The second-order valence-electron chi connectivity index (χ2n) is 5.24. The third-order valence-corrected chi connectivity index (χ3v) is 3.85. The first-order chi connectivity index (χ1) is 9.03. The quantitative estimate of drug-likeness (QED) is 0.477. The van der Waals surface area contributed by atoms with Crippen LogP contribution in [0.15, 0.2) is 24.9 Å². The Balaban J connectivity index is 2.00. The van der Waals surface area contributed by atoms with Gasteiger partial charge < -0.3 is 20.5 Å². The molecule has 1 aliphatic heterocycles. The number of rotatable bonds is 6. The monoisotopic (exact) mass is 266 g/mol. The standard InChI is InChI=1S/C14H22N2O3/c1-4-10-7-14(10,13(18)19-5-2)16-9(3)12-6-11(17)8-15-12/h4,10-12,15-17H,1,3,5-8H2,2H3/t10-,11-,12+,14-/m1/s1. The molecule has 0 spiro atoms. The molecule has 0 unspecified atom stereocenters. The molecule has 106 valence electrons. The predicted molar refractivity (Wildman–Crippen MR) is 72.4 cm³/mol. The van der Waals surface area contributed by atoms with Crippen molar-refractivity contribution in [2.75, 3.05) is 13.2 Å².